The molecule has 0 aromatic heterocycles. The molecule has 1 aromatic rings. The SMILES string of the molecule is CCCC(=O)OC.CCCCCCC/C=C/[C@@H]1CS[C@H](c2ccccc2)N1C(=O)OC(C)(C)CC. The molecule has 0 aliphatic carbocycles. The van der Waals surface area contributed by atoms with Gasteiger partial charge in [-0.15, -0.1) is 11.8 Å². The molecule has 0 saturated carbocycles. The summed E-state index contributed by atoms with van der Waals surface area (Å²) in [5.41, 5.74) is 0.716. The Balaban J connectivity index is 0.000000762. The molecule has 0 N–H and O–H groups in total. The van der Waals surface area contributed by atoms with Crippen LogP contribution in [-0.4, -0.2) is 41.5 Å². The molecular formula is C29H47NO4S. The third-order valence-electron chi connectivity index (χ3n) is 6.06. The average Bonchev–Trinajstić information content (AvgIpc) is 3.28. The number of ether oxygens (including phenoxy) is 2. The summed E-state index contributed by atoms with van der Waals surface area (Å²) in [6.07, 6.45) is 14.0. The van der Waals surface area contributed by atoms with Crippen LogP contribution >= 0.6 is 11.8 Å². The summed E-state index contributed by atoms with van der Waals surface area (Å²) < 4.78 is 10.2. The van der Waals surface area contributed by atoms with Gasteiger partial charge in [0.2, 0.25) is 0 Å². The second-order valence-electron chi connectivity index (χ2n) is 9.51. The van der Waals surface area contributed by atoms with Crippen LogP contribution < -0.4 is 0 Å². The first-order chi connectivity index (χ1) is 16.8. The van der Waals surface area contributed by atoms with E-state index in [9.17, 15) is 9.59 Å². The number of thioether (sulfide) groups is 1. The largest absolute Gasteiger partial charge is 0.469 e. The monoisotopic (exact) mass is 505 g/mol. The van der Waals surface area contributed by atoms with Gasteiger partial charge >= 0.3 is 12.1 Å². The number of esters is 1. The lowest BCUT2D eigenvalue weighted by Gasteiger charge is -2.32. The van der Waals surface area contributed by atoms with Gasteiger partial charge in [0, 0.05) is 12.2 Å². The molecule has 1 aliphatic heterocycles. The fourth-order valence-electron chi connectivity index (χ4n) is 3.56. The van der Waals surface area contributed by atoms with Crippen LogP contribution in [-0.2, 0) is 14.3 Å². The number of nitrogens with zero attached hydrogens (tertiary/aromatic N) is 1. The molecule has 6 heteroatoms. The highest BCUT2D eigenvalue weighted by Gasteiger charge is 2.39. The Bertz CT molecular complexity index is 750. The van der Waals surface area contributed by atoms with E-state index in [-0.39, 0.29) is 23.5 Å². The molecule has 2 atom stereocenters. The number of unbranched alkanes of at least 4 members (excludes halogenated alkanes) is 5. The van der Waals surface area contributed by atoms with Gasteiger partial charge in [0.15, 0.2) is 0 Å². The summed E-state index contributed by atoms with van der Waals surface area (Å²) in [6, 6.07) is 10.4. The molecule has 1 heterocycles. The van der Waals surface area contributed by atoms with Crippen LogP contribution in [0.3, 0.4) is 0 Å². The highest BCUT2D eigenvalue weighted by molar-refractivity contribution is 7.99. The molecule has 0 radical (unpaired) electrons. The lowest BCUT2D eigenvalue weighted by molar-refractivity contribution is -0.140. The Morgan fingerprint density at radius 1 is 1.06 bits per heavy atom. The van der Waals surface area contributed by atoms with Gasteiger partial charge in [-0.25, -0.2) is 4.79 Å². The zero-order chi connectivity index (χ0) is 26.1. The van der Waals surface area contributed by atoms with E-state index in [1.165, 1.54) is 39.2 Å². The van der Waals surface area contributed by atoms with Gasteiger partial charge in [0.05, 0.1) is 13.2 Å². The molecule has 0 bridgehead atoms. The quantitative estimate of drug-likeness (QED) is 0.162. The molecule has 1 aliphatic rings. The Kier molecular flexibility index (Phi) is 15.5. The van der Waals surface area contributed by atoms with E-state index in [0.717, 1.165) is 30.6 Å². The first-order valence-corrected chi connectivity index (χ1v) is 14.3. The molecule has 1 saturated heterocycles. The van der Waals surface area contributed by atoms with Crippen LogP contribution in [0.2, 0.25) is 0 Å². The van der Waals surface area contributed by atoms with Crippen molar-refractivity contribution in [2.45, 2.75) is 109 Å². The van der Waals surface area contributed by atoms with Gasteiger partial charge in [-0.3, -0.25) is 9.69 Å². The van der Waals surface area contributed by atoms with Crippen molar-refractivity contribution in [3.05, 3.63) is 48.0 Å². The first-order valence-electron chi connectivity index (χ1n) is 13.2. The minimum atomic E-state index is -0.445. The van der Waals surface area contributed by atoms with Crippen LogP contribution in [0.15, 0.2) is 42.5 Å². The molecule has 5 nitrogen and oxygen atoms in total. The zero-order valence-electron chi connectivity index (χ0n) is 22.8. The molecular weight excluding hydrogens is 458 g/mol. The van der Waals surface area contributed by atoms with Crippen LogP contribution in [0.25, 0.3) is 0 Å². The highest BCUT2D eigenvalue weighted by Crippen LogP contribution is 2.42. The number of methoxy groups -OCH3 is 1. The zero-order valence-corrected chi connectivity index (χ0v) is 23.6. The standard InChI is InChI=1S/C24H37NO2S.C5H10O2/c1-5-7-8-9-10-11-15-18-21-19-28-22(20-16-13-12-14-17-20)25(21)23(26)27-24(3,4)6-2;1-3-4-5(6)7-2/h12-18,21-22H,5-11,19H2,1-4H3;3-4H2,1-2H3/b18-15+;/t21-,22-;/m1./s1. The fraction of sp³-hybridized carbons (Fsp3) is 0.655. The number of amides is 1. The minimum Gasteiger partial charge on any atom is -0.469 e. The predicted octanol–water partition coefficient (Wildman–Crippen LogP) is 8.30. The lowest BCUT2D eigenvalue weighted by atomic mass is 10.1. The number of allylic oxidation sites excluding steroid dienone is 1. The average molecular weight is 506 g/mol. The maximum atomic E-state index is 13.1. The Morgan fingerprint density at radius 2 is 1.74 bits per heavy atom. The molecule has 2 rings (SSSR count). The van der Waals surface area contributed by atoms with Gasteiger partial charge in [-0.1, -0.05) is 88.9 Å². The smallest absolute Gasteiger partial charge is 0.412 e. The molecule has 0 spiro atoms. The van der Waals surface area contributed by atoms with E-state index in [0.29, 0.717) is 6.42 Å². The maximum Gasteiger partial charge on any atom is 0.412 e. The normalized spacial score (nSPS) is 17.7. The number of carbonyl (C=O) groups excluding carboxylic acids is 2. The van der Waals surface area contributed by atoms with Crippen molar-refractivity contribution >= 4 is 23.8 Å². The molecule has 1 aromatic carbocycles. The topological polar surface area (TPSA) is 55.8 Å². The van der Waals surface area contributed by atoms with Crippen molar-refractivity contribution in [1.29, 1.82) is 0 Å². The summed E-state index contributed by atoms with van der Waals surface area (Å²) >= 11 is 1.82. The van der Waals surface area contributed by atoms with Gasteiger partial charge < -0.3 is 9.47 Å². The Morgan fingerprint density at radius 3 is 2.31 bits per heavy atom. The van der Waals surface area contributed by atoms with E-state index in [2.05, 4.69) is 42.9 Å². The molecule has 1 fully saturated rings. The van der Waals surface area contributed by atoms with E-state index in [1.807, 2.05) is 55.6 Å². The van der Waals surface area contributed by atoms with Crippen molar-refractivity contribution in [1.82, 2.24) is 4.90 Å². The fourth-order valence-corrected chi connectivity index (χ4v) is 4.97. The number of hydrogen-bond donors (Lipinski definition) is 0. The third-order valence-corrected chi connectivity index (χ3v) is 7.41. The third kappa shape index (κ3) is 12.0. The summed E-state index contributed by atoms with van der Waals surface area (Å²) in [5, 5.41) is 0.0144. The van der Waals surface area contributed by atoms with Crippen molar-refractivity contribution in [3.8, 4) is 0 Å². The van der Waals surface area contributed by atoms with Crippen molar-refractivity contribution < 1.29 is 19.1 Å². The van der Waals surface area contributed by atoms with Crippen molar-refractivity contribution in [2.24, 2.45) is 0 Å². The second kappa shape index (κ2) is 17.5. The van der Waals surface area contributed by atoms with Crippen molar-refractivity contribution in [2.75, 3.05) is 12.9 Å². The summed E-state index contributed by atoms with van der Waals surface area (Å²) in [4.78, 5) is 25.2. The summed E-state index contributed by atoms with van der Waals surface area (Å²) in [6.45, 7) is 10.2. The lowest BCUT2D eigenvalue weighted by Crippen LogP contribution is -2.41. The minimum absolute atomic E-state index is 0.0144. The van der Waals surface area contributed by atoms with Crippen LogP contribution in [0, 0.1) is 0 Å². The molecule has 0 unspecified atom stereocenters. The Hall–Kier alpha value is -1.95. The number of carbonyl (C=O) groups is 2. The number of rotatable bonds is 12. The van der Waals surface area contributed by atoms with E-state index in [1.54, 1.807) is 0 Å². The van der Waals surface area contributed by atoms with Gasteiger partial charge in [0.1, 0.15) is 11.0 Å². The summed E-state index contributed by atoms with van der Waals surface area (Å²) in [5.74, 6) is 0.788. The number of hydrogen-bond acceptors (Lipinski definition) is 5. The van der Waals surface area contributed by atoms with Gasteiger partial charge in [0.25, 0.3) is 0 Å². The van der Waals surface area contributed by atoms with Crippen LogP contribution in [0.5, 0.6) is 0 Å². The van der Waals surface area contributed by atoms with Crippen molar-refractivity contribution in [3.63, 3.8) is 0 Å². The molecule has 1 amide bonds. The van der Waals surface area contributed by atoms with E-state index >= 15 is 0 Å². The predicted molar refractivity (Wildman–Crippen MR) is 148 cm³/mol. The highest BCUT2D eigenvalue weighted by atomic mass is 32.2. The van der Waals surface area contributed by atoms with Gasteiger partial charge in [-0.05, 0) is 45.1 Å². The molecule has 35 heavy (non-hydrogen) atoms. The van der Waals surface area contributed by atoms with Crippen LogP contribution in [0.1, 0.15) is 103 Å². The number of benzene rings is 1. The van der Waals surface area contributed by atoms with Gasteiger partial charge in [-0.2, -0.15) is 0 Å². The maximum absolute atomic E-state index is 13.1. The summed E-state index contributed by atoms with van der Waals surface area (Å²) in [7, 11) is 1.40. The van der Waals surface area contributed by atoms with E-state index < -0.39 is 5.60 Å². The van der Waals surface area contributed by atoms with E-state index in [4.69, 9.17) is 4.74 Å². The first kappa shape index (κ1) is 31.1. The second-order valence-corrected chi connectivity index (χ2v) is 10.6. The van der Waals surface area contributed by atoms with Crippen LogP contribution in [0.4, 0.5) is 4.79 Å². The Labute approximate surface area is 218 Å². The molecule has 198 valence electrons.